The van der Waals surface area contributed by atoms with Crippen LogP contribution >= 0.6 is 11.3 Å². The summed E-state index contributed by atoms with van der Waals surface area (Å²) in [5, 5.41) is 13.5. The van der Waals surface area contributed by atoms with Crippen LogP contribution in [0.15, 0.2) is 5.51 Å². The zero-order chi connectivity index (χ0) is 15.7. The third-order valence-electron chi connectivity index (χ3n) is 4.62. The fourth-order valence-corrected chi connectivity index (χ4v) is 3.57. The second-order valence-electron chi connectivity index (χ2n) is 6.07. The Morgan fingerprint density at radius 2 is 2.29 bits per heavy atom. The Morgan fingerprint density at radius 1 is 1.57 bits per heavy atom. The minimum absolute atomic E-state index is 0.0407. The first-order valence-corrected chi connectivity index (χ1v) is 8.28. The third-order valence-corrected chi connectivity index (χ3v) is 5.49. The summed E-state index contributed by atoms with van der Waals surface area (Å²) >= 11 is 1.34. The summed E-state index contributed by atoms with van der Waals surface area (Å²) in [6.07, 6.45) is 1.32. The van der Waals surface area contributed by atoms with Gasteiger partial charge in [0.1, 0.15) is 4.88 Å². The number of thiazole rings is 1. The molecular weight excluding hydrogens is 288 g/mol. The number of rotatable bonds is 6. The van der Waals surface area contributed by atoms with Crippen molar-refractivity contribution in [3.05, 3.63) is 16.1 Å². The zero-order valence-electron chi connectivity index (χ0n) is 13.1. The van der Waals surface area contributed by atoms with Gasteiger partial charge in [-0.05, 0) is 13.3 Å². The molecule has 0 saturated heterocycles. The second kappa shape index (κ2) is 6.02. The molecule has 2 N–H and O–H groups in total. The van der Waals surface area contributed by atoms with Gasteiger partial charge in [0, 0.05) is 25.0 Å². The summed E-state index contributed by atoms with van der Waals surface area (Å²) in [5.74, 6) is -0.154. The topological polar surface area (TPSA) is 71.5 Å². The highest BCUT2D eigenvalue weighted by Gasteiger charge is 2.59. The molecule has 21 heavy (non-hydrogen) atoms. The fraction of sp³-hybridized carbons (Fsp3) is 0.733. The number of carbonyl (C=O) groups excluding carboxylic acids is 1. The molecule has 2 rings (SSSR count). The Hall–Kier alpha value is -0.980. The molecule has 5 nitrogen and oxygen atoms in total. The Kier molecular flexibility index (Phi) is 4.70. The van der Waals surface area contributed by atoms with E-state index < -0.39 is 5.60 Å². The Morgan fingerprint density at radius 3 is 2.86 bits per heavy atom. The lowest BCUT2D eigenvalue weighted by atomic mass is 9.56. The van der Waals surface area contributed by atoms with E-state index in [1.54, 1.807) is 5.51 Å². The molecule has 1 saturated carbocycles. The molecule has 0 aliphatic heterocycles. The number of nitrogens with zero attached hydrogens (tertiary/aromatic N) is 1. The van der Waals surface area contributed by atoms with E-state index in [1.165, 1.54) is 11.3 Å². The van der Waals surface area contributed by atoms with Crippen molar-refractivity contribution in [1.29, 1.82) is 0 Å². The SMILES string of the molecule is CCO[C@H]1C[C@@](O)(CNC(=O)c2scnc2CC)C1(C)C. The predicted molar refractivity (Wildman–Crippen MR) is 82.6 cm³/mol. The molecule has 0 bridgehead atoms. The van der Waals surface area contributed by atoms with Crippen LogP contribution in [0.3, 0.4) is 0 Å². The molecule has 1 heterocycles. The van der Waals surface area contributed by atoms with Crippen molar-refractivity contribution in [2.75, 3.05) is 13.2 Å². The molecule has 6 heteroatoms. The number of aliphatic hydroxyl groups is 1. The number of hydrogen-bond donors (Lipinski definition) is 2. The lowest BCUT2D eigenvalue weighted by molar-refractivity contribution is -0.237. The Balaban J connectivity index is 1.96. The number of amides is 1. The van der Waals surface area contributed by atoms with Gasteiger partial charge >= 0.3 is 0 Å². The van der Waals surface area contributed by atoms with Gasteiger partial charge < -0.3 is 15.2 Å². The molecule has 1 amide bonds. The van der Waals surface area contributed by atoms with E-state index >= 15 is 0 Å². The van der Waals surface area contributed by atoms with Gasteiger partial charge in [0.15, 0.2) is 0 Å². The minimum Gasteiger partial charge on any atom is -0.387 e. The van der Waals surface area contributed by atoms with Gasteiger partial charge in [-0.3, -0.25) is 4.79 Å². The van der Waals surface area contributed by atoms with Crippen LogP contribution in [-0.4, -0.2) is 40.9 Å². The average molecular weight is 312 g/mol. The summed E-state index contributed by atoms with van der Waals surface area (Å²) in [5.41, 5.74) is 1.21. The summed E-state index contributed by atoms with van der Waals surface area (Å²) in [6.45, 7) is 8.76. The van der Waals surface area contributed by atoms with E-state index in [-0.39, 0.29) is 24.0 Å². The van der Waals surface area contributed by atoms with Crippen molar-refractivity contribution < 1.29 is 14.6 Å². The third kappa shape index (κ3) is 2.84. The lowest BCUT2D eigenvalue weighted by Gasteiger charge is -2.57. The van der Waals surface area contributed by atoms with E-state index in [9.17, 15) is 9.90 Å². The Labute approximate surface area is 129 Å². The number of aryl methyl sites for hydroxylation is 1. The monoisotopic (exact) mass is 312 g/mol. The van der Waals surface area contributed by atoms with Gasteiger partial charge in [0.05, 0.1) is 22.9 Å². The Bertz CT molecular complexity index is 515. The van der Waals surface area contributed by atoms with Crippen LogP contribution in [0, 0.1) is 5.41 Å². The van der Waals surface area contributed by atoms with Crippen LogP contribution in [0.1, 0.15) is 49.5 Å². The number of carbonyl (C=O) groups is 1. The molecule has 2 atom stereocenters. The van der Waals surface area contributed by atoms with Gasteiger partial charge in [-0.1, -0.05) is 20.8 Å². The van der Waals surface area contributed by atoms with Crippen molar-refractivity contribution in [2.24, 2.45) is 5.41 Å². The maximum atomic E-state index is 12.2. The molecule has 0 spiro atoms. The highest BCUT2D eigenvalue weighted by molar-refractivity contribution is 7.11. The molecule has 0 aromatic carbocycles. The molecule has 0 unspecified atom stereocenters. The second-order valence-corrected chi connectivity index (χ2v) is 6.92. The maximum Gasteiger partial charge on any atom is 0.263 e. The van der Waals surface area contributed by atoms with Crippen molar-refractivity contribution >= 4 is 17.2 Å². The first-order chi connectivity index (χ1) is 9.85. The van der Waals surface area contributed by atoms with Crippen molar-refractivity contribution in [2.45, 2.75) is 52.2 Å². The van der Waals surface area contributed by atoms with Crippen molar-refractivity contribution in [3.63, 3.8) is 0 Å². The van der Waals surface area contributed by atoms with Gasteiger partial charge in [0.2, 0.25) is 0 Å². The largest absolute Gasteiger partial charge is 0.387 e. The van der Waals surface area contributed by atoms with E-state index in [0.29, 0.717) is 17.9 Å². The van der Waals surface area contributed by atoms with Gasteiger partial charge in [-0.15, -0.1) is 11.3 Å². The van der Waals surface area contributed by atoms with E-state index in [2.05, 4.69) is 10.3 Å². The van der Waals surface area contributed by atoms with Gasteiger partial charge in [0.25, 0.3) is 5.91 Å². The first-order valence-electron chi connectivity index (χ1n) is 7.40. The van der Waals surface area contributed by atoms with Crippen LogP contribution in [0.5, 0.6) is 0 Å². The smallest absolute Gasteiger partial charge is 0.263 e. The summed E-state index contributed by atoms with van der Waals surface area (Å²) < 4.78 is 5.62. The molecule has 1 aliphatic carbocycles. The van der Waals surface area contributed by atoms with Crippen molar-refractivity contribution in [3.8, 4) is 0 Å². The first kappa shape index (κ1) is 16.4. The molecule has 1 fully saturated rings. The maximum absolute atomic E-state index is 12.2. The number of aromatic nitrogens is 1. The highest BCUT2D eigenvalue weighted by atomic mass is 32.1. The van der Waals surface area contributed by atoms with Crippen molar-refractivity contribution in [1.82, 2.24) is 10.3 Å². The molecule has 1 aliphatic rings. The van der Waals surface area contributed by atoms with Crippen LogP contribution < -0.4 is 5.32 Å². The van der Waals surface area contributed by atoms with Gasteiger partial charge in [-0.2, -0.15) is 0 Å². The number of nitrogens with one attached hydrogen (secondary N) is 1. The van der Waals surface area contributed by atoms with Crippen LogP contribution in [0.4, 0.5) is 0 Å². The number of ether oxygens (including phenoxy) is 1. The number of hydrogen-bond acceptors (Lipinski definition) is 5. The molecule has 0 radical (unpaired) electrons. The van der Waals surface area contributed by atoms with E-state index in [0.717, 1.165) is 12.1 Å². The molecule has 118 valence electrons. The lowest BCUT2D eigenvalue weighted by Crippen LogP contribution is -2.68. The minimum atomic E-state index is -0.917. The quantitative estimate of drug-likeness (QED) is 0.843. The fourth-order valence-electron chi connectivity index (χ4n) is 2.77. The van der Waals surface area contributed by atoms with Crippen LogP contribution in [0.25, 0.3) is 0 Å². The van der Waals surface area contributed by atoms with Gasteiger partial charge in [-0.25, -0.2) is 4.98 Å². The van der Waals surface area contributed by atoms with Crippen LogP contribution in [-0.2, 0) is 11.2 Å². The zero-order valence-corrected chi connectivity index (χ0v) is 13.9. The average Bonchev–Trinajstić information content (AvgIpc) is 2.93. The molecule has 1 aromatic rings. The summed E-state index contributed by atoms with van der Waals surface area (Å²) in [6, 6.07) is 0. The molecule has 1 aromatic heterocycles. The summed E-state index contributed by atoms with van der Waals surface area (Å²) in [7, 11) is 0. The highest BCUT2D eigenvalue weighted by Crippen LogP contribution is 2.50. The standard InChI is InChI=1S/C15H24N2O3S/c1-5-10-12(21-9-17-10)13(18)16-8-15(19)7-11(20-6-2)14(15,3)4/h9,11,19H,5-8H2,1-4H3,(H,16,18)/t11-,15+/m0/s1. The molecular formula is C15H24N2O3S. The normalized spacial score (nSPS) is 27.2. The predicted octanol–water partition coefficient (Wildman–Crippen LogP) is 2.00. The van der Waals surface area contributed by atoms with Crippen LogP contribution in [0.2, 0.25) is 0 Å². The van der Waals surface area contributed by atoms with E-state index in [4.69, 9.17) is 4.74 Å². The summed E-state index contributed by atoms with van der Waals surface area (Å²) in [4.78, 5) is 17.0. The van der Waals surface area contributed by atoms with E-state index in [1.807, 2.05) is 27.7 Å².